The second-order valence-corrected chi connectivity index (χ2v) is 5.48. The fraction of sp³-hybridized carbons (Fsp3) is 0.786. The van der Waals surface area contributed by atoms with Crippen LogP contribution in [0.1, 0.15) is 27.7 Å². The van der Waals surface area contributed by atoms with E-state index in [4.69, 9.17) is 4.74 Å². The van der Waals surface area contributed by atoms with Gasteiger partial charge in [-0.05, 0) is 27.8 Å². The Labute approximate surface area is 120 Å². The topological polar surface area (TPSA) is 75.7 Å². The average Bonchev–Trinajstić information content (AvgIpc) is 2.37. The lowest BCUT2D eigenvalue weighted by Crippen LogP contribution is -2.43. The zero-order valence-corrected chi connectivity index (χ0v) is 13.3. The van der Waals surface area contributed by atoms with Crippen molar-refractivity contribution in [1.29, 1.82) is 0 Å². The number of likely N-dealkylation sites (N-methyl/N-ethyl adjacent to an activating group) is 1. The highest BCUT2D eigenvalue weighted by molar-refractivity contribution is 6.03. The lowest BCUT2D eigenvalue weighted by Gasteiger charge is -2.25. The molecule has 0 fully saturated rings. The Kier molecular flexibility index (Phi) is 7.42. The highest BCUT2D eigenvalue weighted by Crippen LogP contribution is 2.19. The Bertz CT molecular complexity index is 366. The van der Waals surface area contributed by atoms with Crippen LogP contribution in [0.25, 0.3) is 0 Å². The van der Waals surface area contributed by atoms with E-state index in [2.05, 4.69) is 5.32 Å². The van der Waals surface area contributed by atoms with Crippen molar-refractivity contribution in [3.05, 3.63) is 0 Å². The van der Waals surface area contributed by atoms with Crippen molar-refractivity contribution in [2.75, 3.05) is 33.8 Å². The fourth-order valence-corrected chi connectivity index (χ4v) is 1.73. The quantitative estimate of drug-likeness (QED) is 0.518. The Balaban J connectivity index is 4.52. The van der Waals surface area contributed by atoms with Crippen molar-refractivity contribution in [3.63, 3.8) is 0 Å². The highest BCUT2D eigenvalue weighted by Gasteiger charge is 2.37. The third-order valence-corrected chi connectivity index (χ3v) is 3.18. The molecule has 0 aliphatic carbocycles. The van der Waals surface area contributed by atoms with Gasteiger partial charge in [-0.3, -0.25) is 19.3 Å². The Morgan fingerprint density at radius 1 is 1.30 bits per heavy atom. The molecule has 6 nitrogen and oxygen atoms in total. The number of Topliss-reactive ketones (excluding diaryl/α,β-unsaturated/α-hetero) is 1. The van der Waals surface area contributed by atoms with Crippen LogP contribution >= 0.6 is 0 Å². The molecule has 0 aromatic rings. The molecule has 0 spiro atoms. The first kappa shape index (κ1) is 18.6. The maximum atomic E-state index is 12.2. The van der Waals surface area contributed by atoms with Crippen LogP contribution in [-0.4, -0.2) is 56.4 Å². The van der Waals surface area contributed by atoms with Gasteiger partial charge in [0.1, 0.15) is 5.41 Å². The summed E-state index contributed by atoms with van der Waals surface area (Å²) in [7, 11) is 3.33. The largest absolute Gasteiger partial charge is 0.465 e. The number of carbonyl (C=O) groups excluding carboxylic acids is 3. The lowest BCUT2D eigenvalue weighted by atomic mass is 9.87. The molecule has 0 saturated heterocycles. The van der Waals surface area contributed by atoms with E-state index in [1.54, 1.807) is 46.7 Å². The zero-order valence-electron chi connectivity index (χ0n) is 13.3. The van der Waals surface area contributed by atoms with Crippen molar-refractivity contribution in [2.24, 2.45) is 11.3 Å². The molecular weight excluding hydrogens is 260 g/mol. The van der Waals surface area contributed by atoms with Gasteiger partial charge >= 0.3 is 5.97 Å². The standard InChI is InChI=1S/C14H26N2O4/c1-7-20-13(19)14(3,4)11(17)9-16(6)8-10(2)12(18)15-5/h10H,7-9H2,1-6H3,(H,15,18). The molecule has 116 valence electrons. The van der Waals surface area contributed by atoms with Crippen LogP contribution < -0.4 is 5.32 Å². The minimum absolute atomic E-state index is 0.0750. The predicted molar refractivity (Wildman–Crippen MR) is 76.1 cm³/mol. The van der Waals surface area contributed by atoms with E-state index < -0.39 is 11.4 Å². The van der Waals surface area contributed by atoms with E-state index in [0.717, 1.165) is 0 Å². The second kappa shape index (κ2) is 7.99. The van der Waals surface area contributed by atoms with Crippen molar-refractivity contribution >= 4 is 17.7 Å². The van der Waals surface area contributed by atoms with Crippen molar-refractivity contribution in [1.82, 2.24) is 10.2 Å². The maximum absolute atomic E-state index is 12.2. The van der Waals surface area contributed by atoms with Crippen LogP contribution in [0.5, 0.6) is 0 Å². The predicted octanol–water partition coefficient (Wildman–Crippen LogP) is 0.459. The Morgan fingerprint density at radius 3 is 2.30 bits per heavy atom. The van der Waals surface area contributed by atoms with Gasteiger partial charge < -0.3 is 10.1 Å². The van der Waals surface area contributed by atoms with E-state index in [0.29, 0.717) is 6.54 Å². The molecule has 1 N–H and O–H groups in total. The van der Waals surface area contributed by atoms with Crippen molar-refractivity contribution in [3.8, 4) is 0 Å². The molecule has 0 heterocycles. The molecular formula is C14H26N2O4. The lowest BCUT2D eigenvalue weighted by molar-refractivity contribution is -0.158. The average molecular weight is 286 g/mol. The van der Waals surface area contributed by atoms with Crippen LogP contribution in [0.3, 0.4) is 0 Å². The summed E-state index contributed by atoms with van der Waals surface area (Å²) >= 11 is 0. The van der Waals surface area contributed by atoms with Crippen LogP contribution in [0.15, 0.2) is 0 Å². The molecule has 1 atom stereocenters. The number of carbonyl (C=O) groups is 3. The maximum Gasteiger partial charge on any atom is 0.319 e. The van der Waals surface area contributed by atoms with Gasteiger partial charge in [0.25, 0.3) is 0 Å². The normalized spacial score (nSPS) is 12.9. The van der Waals surface area contributed by atoms with E-state index in [-0.39, 0.29) is 30.8 Å². The summed E-state index contributed by atoms with van der Waals surface area (Å²) in [6.45, 7) is 7.41. The van der Waals surface area contributed by atoms with Gasteiger partial charge in [-0.25, -0.2) is 0 Å². The SMILES string of the molecule is CCOC(=O)C(C)(C)C(=O)CN(C)CC(C)C(=O)NC. The van der Waals surface area contributed by atoms with Crippen molar-refractivity contribution in [2.45, 2.75) is 27.7 Å². The van der Waals surface area contributed by atoms with E-state index in [9.17, 15) is 14.4 Å². The minimum atomic E-state index is -1.17. The Hall–Kier alpha value is -1.43. The number of amides is 1. The molecule has 1 amide bonds. The summed E-state index contributed by atoms with van der Waals surface area (Å²) in [5.74, 6) is -1.03. The summed E-state index contributed by atoms with van der Waals surface area (Å²) in [5.41, 5.74) is -1.17. The highest BCUT2D eigenvalue weighted by atomic mass is 16.5. The molecule has 0 rings (SSSR count). The van der Waals surface area contributed by atoms with Crippen molar-refractivity contribution < 1.29 is 19.1 Å². The van der Waals surface area contributed by atoms with Gasteiger partial charge in [0, 0.05) is 19.5 Å². The summed E-state index contributed by atoms with van der Waals surface area (Å²) in [4.78, 5) is 37.1. The van der Waals surface area contributed by atoms with Crippen LogP contribution in [0, 0.1) is 11.3 Å². The molecule has 0 aromatic heterocycles. The van der Waals surface area contributed by atoms with Gasteiger partial charge in [0.15, 0.2) is 5.78 Å². The first-order valence-electron chi connectivity index (χ1n) is 6.77. The van der Waals surface area contributed by atoms with Gasteiger partial charge in [-0.2, -0.15) is 0 Å². The first-order valence-corrected chi connectivity index (χ1v) is 6.77. The number of hydrogen-bond donors (Lipinski definition) is 1. The molecule has 0 aromatic carbocycles. The first-order chi connectivity index (χ1) is 9.16. The molecule has 0 aliphatic heterocycles. The summed E-state index contributed by atoms with van der Waals surface area (Å²) in [6.07, 6.45) is 0. The monoisotopic (exact) mass is 286 g/mol. The van der Waals surface area contributed by atoms with Gasteiger partial charge in [-0.1, -0.05) is 6.92 Å². The third kappa shape index (κ3) is 5.28. The van der Waals surface area contributed by atoms with E-state index in [1.165, 1.54) is 0 Å². The molecule has 1 unspecified atom stereocenters. The number of nitrogens with one attached hydrogen (secondary N) is 1. The second-order valence-electron chi connectivity index (χ2n) is 5.48. The number of ether oxygens (including phenoxy) is 1. The molecule has 20 heavy (non-hydrogen) atoms. The van der Waals surface area contributed by atoms with E-state index >= 15 is 0 Å². The summed E-state index contributed by atoms with van der Waals surface area (Å²) in [6, 6.07) is 0. The number of rotatable bonds is 8. The molecule has 6 heteroatoms. The van der Waals surface area contributed by atoms with Gasteiger partial charge in [0.2, 0.25) is 5.91 Å². The number of hydrogen-bond acceptors (Lipinski definition) is 5. The van der Waals surface area contributed by atoms with Gasteiger partial charge in [-0.15, -0.1) is 0 Å². The van der Waals surface area contributed by atoms with Gasteiger partial charge in [0.05, 0.1) is 13.2 Å². The fourth-order valence-electron chi connectivity index (χ4n) is 1.73. The molecule has 0 saturated carbocycles. The summed E-state index contributed by atoms with van der Waals surface area (Å²) in [5, 5.41) is 2.56. The third-order valence-electron chi connectivity index (χ3n) is 3.18. The smallest absolute Gasteiger partial charge is 0.319 e. The number of nitrogens with zero attached hydrogens (tertiary/aromatic N) is 1. The summed E-state index contributed by atoms with van der Waals surface area (Å²) < 4.78 is 4.90. The minimum Gasteiger partial charge on any atom is -0.465 e. The molecule has 0 bridgehead atoms. The molecule has 0 radical (unpaired) electrons. The van der Waals surface area contributed by atoms with E-state index in [1.807, 2.05) is 0 Å². The van der Waals surface area contributed by atoms with Crippen LogP contribution in [-0.2, 0) is 19.1 Å². The molecule has 0 aliphatic rings. The number of ketones is 1. The van der Waals surface area contributed by atoms with Crippen LogP contribution in [0.2, 0.25) is 0 Å². The zero-order chi connectivity index (χ0) is 15.9. The number of esters is 1. The Morgan fingerprint density at radius 2 is 1.85 bits per heavy atom. The van der Waals surface area contributed by atoms with Crippen LogP contribution in [0.4, 0.5) is 0 Å².